The predicted molar refractivity (Wildman–Crippen MR) is 158 cm³/mol. The summed E-state index contributed by atoms with van der Waals surface area (Å²) in [5.74, 6) is 0.480. The molecule has 0 N–H and O–H groups in total. The van der Waals surface area contributed by atoms with Crippen LogP contribution in [-0.2, 0) is 23.3 Å². The van der Waals surface area contributed by atoms with Gasteiger partial charge < -0.3 is 33.0 Å². The van der Waals surface area contributed by atoms with Gasteiger partial charge in [-0.25, -0.2) is 31.2 Å². The minimum Gasteiger partial charge on any atom is -0.379 e. The zero-order valence-electron chi connectivity index (χ0n) is 25.3. The summed E-state index contributed by atoms with van der Waals surface area (Å²) in [5.41, 5.74) is 0.446. The molecule has 5 heterocycles. The van der Waals surface area contributed by atoms with E-state index >= 15 is 0 Å². The van der Waals surface area contributed by atoms with Crippen molar-refractivity contribution < 1.29 is 23.3 Å². The Morgan fingerprint density at radius 3 is 2.67 bits per heavy atom. The lowest BCUT2D eigenvalue weighted by atomic mass is 9.98. The van der Waals surface area contributed by atoms with Crippen LogP contribution in [0.15, 0.2) is 17.6 Å². The third kappa shape index (κ3) is 6.44. The SMILES string of the molecule is [C-]#[N+]CCOP(OC1[C@@H]2OC[C@]1(CN1CCOCC1)O[C@H]2n1cnc2c(/N=C/N(C)C)ncnc21)N(C(C)C)C(C)C. The number of hydrogen-bond donors (Lipinski definition) is 0. The van der Waals surface area contributed by atoms with Crippen LogP contribution in [0.5, 0.6) is 0 Å². The summed E-state index contributed by atoms with van der Waals surface area (Å²) >= 11 is 0. The second-order valence-electron chi connectivity index (χ2n) is 11.5. The first kappa shape index (κ1) is 31.1. The third-order valence-corrected chi connectivity index (χ3v) is 9.56. The minimum atomic E-state index is -1.51. The highest BCUT2D eigenvalue weighted by atomic mass is 31.2. The molecule has 5 rings (SSSR count). The van der Waals surface area contributed by atoms with Crippen LogP contribution in [0.2, 0.25) is 0 Å². The molecule has 2 bridgehead atoms. The molecule has 2 aromatic heterocycles. The van der Waals surface area contributed by atoms with Crippen LogP contribution in [0, 0.1) is 6.57 Å². The van der Waals surface area contributed by atoms with Crippen LogP contribution in [0.4, 0.5) is 5.82 Å². The molecular formula is C27H42N9O5P. The van der Waals surface area contributed by atoms with E-state index in [1.165, 1.54) is 6.33 Å². The fourth-order valence-electron chi connectivity index (χ4n) is 5.71. The maximum atomic E-state index is 7.24. The van der Waals surface area contributed by atoms with E-state index in [4.69, 9.17) is 29.8 Å². The average molecular weight is 604 g/mol. The lowest BCUT2D eigenvalue weighted by Crippen LogP contribution is -2.53. The molecule has 2 aromatic rings. The van der Waals surface area contributed by atoms with Gasteiger partial charge in [0.15, 0.2) is 23.2 Å². The first-order chi connectivity index (χ1) is 20.2. The maximum absolute atomic E-state index is 7.24. The second kappa shape index (κ2) is 13.5. The van der Waals surface area contributed by atoms with Gasteiger partial charge in [-0.05, 0) is 27.7 Å². The molecule has 0 aromatic carbocycles. The quantitative estimate of drug-likeness (QED) is 0.111. The molecule has 3 fully saturated rings. The van der Waals surface area contributed by atoms with Crippen molar-refractivity contribution in [3.63, 3.8) is 0 Å². The Bertz CT molecular complexity index is 1260. The third-order valence-electron chi connectivity index (χ3n) is 7.45. The molecular weight excluding hydrogens is 561 g/mol. The van der Waals surface area contributed by atoms with E-state index in [1.807, 2.05) is 23.6 Å². The molecule has 0 aliphatic carbocycles. The molecule has 42 heavy (non-hydrogen) atoms. The maximum Gasteiger partial charge on any atom is 0.259 e. The van der Waals surface area contributed by atoms with Crippen LogP contribution >= 0.6 is 8.53 Å². The van der Waals surface area contributed by atoms with Crippen molar-refractivity contribution in [2.45, 2.75) is 63.8 Å². The van der Waals surface area contributed by atoms with E-state index in [0.717, 1.165) is 13.1 Å². The van der Waals surface area contributed by atoms with Gasteiger partial charge in [-0.3, -0.25) is 9.47 Å². The number of hydrogen-bond acceptors (Lipinski definition) is 11. The fraction of sp³-hybridized carbons (Fsp3) is 0.741. The number of nitrogens with zero attached hydrogens (tertiary/aromatic N) is 9. The first-order valence-corrected chi connectivity index (χ1v) is 15.6. The van der Waals surface area contributed by atoms with E-state index in [1.54, 1.807) is 12.7 Å². The molecule has 3 aliphatic heterocycles. The van der Waals surface area contributed by atoms with Crippen LogP contribution in [0.25, 0.3) is 16.0 Å². The van der Waals surface area contributed by atoms with Gasteiger partial charge >= 0.3 is 0 Å². The number of ether oxygens (including phenoxy) is 3. The lowest BCUT2D eigenvalue weighted by Gasteiger charge is -2.40. The molecule has 0 spiro atoms. The van der Waals surface area contributed by atoms with Crippen molar-refractivity contribution in [1.29, 1.82) is 0 Å². The van der Waals surface area contributed by atoms with Gasteiger partial charge in [-0.1, -0.05) is 0 Å². The summed E-state index contributed by atoms with van der Waals surface area (Å²) in [6.07, 6.45) is 3.51. The van der Waals surface area contributed by atoms with Gasteiger partial charge in [-0.2, -0.15) is 0 Å². The van der Waals surface area contributed by atoms with Gasteiger partial charge in [0, 0.05) is 45.8 Å². The van der Waals surface area contributed by atoms with Gasteiger partial charge in [0.1, 0.15) is 30.7 Å². The van der Waals surface area contributed by atoms with Gasteiger partial charge in [0.2, 0.25) is 6.54 Å². The Hall–Kier alpha value is -2.34. The second-order valence-corrected chi connectivity index (χ2v) is 12.9. The molecule has 14 nitrogen and oxygen atoms in total. The number of aliphatic imine (C=N–C) groups is 1. The first-order valence-electron chi connectivity index (χ1n) is 14.4. The average Bonchev–Trinajstić information content (AvgIpc) is 3.61. The van der Waals surface area contributed by atoms with Gasteiger partial charge in [-0.15, -0.1) is 0 Å². The summed E-state index contributed by atoms with van der Waals surface area (Å²) in [4.78, 5) is 25.6. The molecule has 3 aliphatic rings. The van der Waals surface area contributed by atoms with Crippen LogP contribution in [-0.4, -0.2) is 137 Å². The number of aromatic nitrogens is 4. The number of morpholine rings is 1. The normalized spacial score (nSPS) is 27.2. The topological polar surface area (TPSA) is 116 Å². The van der Waals surface area contributed by atoms with Crippen LogP contribution < -0.4 is 0 Å². The molecule has 0 radical (unpaired) electrons. The van der Waals surface area contributed by atoms with E-state index < -0.39 is 32.6 Å². The van der Waals surface area contributed by atoms with E-state index in [0.29, 0.717) is 50.0 Å². The highest BCUT2D eigenvalue weighted by Gasteiger charge is 2.64. The standard InChI is InChI=1S/C27H42N9O5P/c1-19(2)36(20(3)4)42(39-11-8-28-5)41-23-22-26(40-27(23,15-38-22)14-34-9-12-37-13-10-34)35-18-31-21-24(32-17-33(6)7)29-16-30-25(21)35/h16-20,22-23,26H,8-15H2,1-4,6-7H3/b32-17+/t22-,23?,26+,27-,42?/m0/s1. The highest BCUT2D eigenvalue weighted by molar-refractivity contribution is 7.44. The van der Waals surface area contributed by atoms with E-state index in [2.05, 4.69) is 62.1 Å². The van der Waals surface area contributed by atoms with Crippen molar-refractivity contribution in [1.82, 2.24) is 34.0 Å². The van der Waals surface area contributed by atoms with Crippen LogP contribution in [0.3, 0.4) is 0 Å². The molecule has 230 valence electrons. The molecule has 0 saturated carbocycles. The molecule has 5 atom stereocenters. The van der Waals surface area contributed by atoms with Crippen molar-refractivity contribution in [3.05, 3.63) is 24.1 Å². The molecule has 2 unspecified atom stereocenters. The Kier molecular flexibility index (Phi) is 10.0. The highest BCUT2D eigenvalue weighted by Crippen LogP contribution is 2.55. The fourth-order valence-corrected chi connectivity index (χ4v) is 7.51. The number of imidazole rings is 1. The Morgan fingerprint density at radius 1 is 1.21 bits per heavy atom. The molecule has 15 heteroatoms. The predicted octanol–water partition coefficient (Wildman–Crippen LogP) is 2.71. The summed E-state index contributed by atoms with van der Waals surface area (Å²) in [7, 11) is 2.29. The smallest absolute Gasteiger partial charge is 0.259 e. The largest absolute Gasteiger partial charge is 0.379 e. The zero-order valence-corrected chi connectivity index (χ0v) is 26.2. The monoisotopic (exact) mass is 603 g/mol. The molecule has 3 saturated heterocycles. The van der Waals surface area contributed by atoms with E-state index in [-0.39, 0.29) is 18.6 Å². The van der Waals surface area contributed by atoms with Crippen molar-refractivity contribution in [2.24, 2.45) is 4.99 Å². The summed E-state index contributed by atoms with van der Waals surface area (Å²) < 4.78 is 36.5. The molecule has 0 amide bonds. The van der Waals surface area contributed by atoms with Gasteiger partial charge in [0.05, 0.1) is 32.5 Å². The number of fused-ring (bicyclic) bond motifs is 3. The van der Waals surface area contributed by atoms with Crippen molar-refractivity contribution in [3.8, 4) is 0 Å². The van der Waals surface area contributed by atoms with E-state index in [9.17, 15) is 0 Å². The van der Waals surface area contributed by atoms with Gasteiger partial charge in [0.25, 0.3) is 8.53 Å². The number of rotatable bonds is 13. The zero-order chi connectivity index (χ0) is 29.9. The lowest BCUT2D eigenvalue weighted by molar-refractivity contribution is -0.181. The summed E-state index contributed by atoms with van der Waals surface area (Å²) in [6.45, 7) is 20.3. The van der Waals surface area contributed by atoms with Crippen molar-refractivity contribution >= 4 is 31.8 Å². The Balaban J connectivity index is 1.49. The Morgan fingerprint density at radius 2 is 1.98 bits per heavy atom. The van der Waals surface area contributed by atoms with Crippen molar-refractivity contribution in [2.75, 3.05) is 66.7 Å². The van der Waals surface area contributed by atoms with Crippen LogP contribution in [0.1, 0.15) is 33.9 Å². The minimum absolute atomic E-state index is 0.173. The Labute approximate surface area is 248 Å². The summed E-state index contributed by atoms with van der Waals surface area (Å²) in [5, 5.41) is 0. The summed E-state index contributed by atoms with van der Waals surface area (Å²) in [6, 6.07) is 0.345.